The van der Waals surface area contributed by atoms with E-state index in [1.54, 1.807) is 17.0 Å². The van der Waals surface area contributed by atoms with Crippen molar-refractivity contribution in [1.82, 2.24) is 10.6 Å². The van der Waals surface area contributed by atoms with Gasteiger partial charge in [-0.3, -0.25) is 14.9 Å². The van der Waals surface area contributed by atoms with E-state index < -0.39 is 17.5 Å². The zero-order valence-electron chi connectivity index (χ0n) is 14.9. The molecule has 2 aliphatic rings. The van der Waals surface area contributed by atoms with Gasteiger partial charge >= 0.3 is 6.03 Å². The molecule has 0 aliphatic carbocycles. The summed E-state index contributed by atoms with van der Waals surface area (Å²) in [5.74, 6) is -0.447. The van der Waals surface area contributed by atoms with Crippen LogP contribution in [0.2, 0.25) is 0 Å². The Balaban J connectivity index is 1.57. The summed E-state index contributed by atoms with van der Waals surface area (Å²) in [5, 5.41) is 5.05. The molecule has 2 heterocycles. The normalized spacial score (nSPS) is 21.4. The molecule has 1 fully saturated rings. The topological polar surface area (TPSA) is 78.5 Å². The lowest BCUT2D eigenvalue weighted by atomic mass is 9.85. The number of anilines is 1. The van der Waals surface area contributed by atoms with Gasteiger partial charge in [-0.05, 0) is 36.5 Å². The summed E-state index contributed by atoms with van der Waals surface area (Å²) >= 11 is 0. The molecule has 2 aromatic carbocycles. The summed E-state index contributed by atoms with van der Waals surface area (Å²) in [5.41, 5.74) is 1.59. The second-order valence-electron chi connectivity index (χ2n) is 6.96. The molecule has 6 heteroatoms. The molecule has 2 N–H and O–H groups in total. The first kappa shape index (κ1) is 17.3. The number of fused-ring (bicyclic) bond motifs is 1. The van der Waals surface area contributed by atoms with Gasteiger partial charge in [-0.25, -0.2) is 4.79 Å². The van der Waals surface area contributed by atoms with Crippen molar-refractivity contribution in [3.8, 4) is 0 Å². The van der Waals surface area contributed by atoms with E-state index in [0.717, 1.165) is 18.5 Å². The number of nitrogens with one attached hydrogen (secondary N) is 2. The molecule has 0 aromatic heterocycles. The fourth-order valence-electron chi connectivity index (χ4n) is 3.96. The number of carbonyl (C=O) groups excluding carboxylic acids is 3. The Labute approximate surface area is 157 Å². The van der Waals surface area contributed by atoms with Crippen LogP contribution in [0.1, 0.15) is 30.4 Å². The van der Waals surface area contributed by atoms with E-state index in [0.29, 0.717) is 12.1 Å². The number of benzene rings is 2. The maximum Gasteiger partial charge on any atom is 0.322 e. The third-order valence-electron chi connectivity index (χ3n) is 5.33. The third kappa shape index (κ3) is 3.07. The van der Waals surface area contributed by atoms with Crippen LogP contribution < -0.4 is 15.5 Å². The van der Waals surface area contributed by atoms with E-state index in [1.165, 1.54) is 5.56 Å². The van der Waals surface area contributed by atoms with Gasteiger partial charge in [-0.1, -0.05) is 48.5 Å². The van der Waals surface area contributed by atoms with Gasteiger partial charge in [0.2, 0.25) is 5.91 Å². The van der Waals surface area contributed by atoms with Crippen molar-refractivity contribution in [2.45, 2.75) is 31.2 Å². The Morgan fingerprint density at radius 2 is 1.78 bits per heavy atom. The monoisotopic (exact) mass is 363 g/mol. The van der Waals surface area contributed by atoms with Crippen LogP contribution in [0.5, 0.6) is 0 Å². The number of para-hydroxylation sites is 1. The van der Waals surface area contributed by atoms with E-state index in [2.05, 4.69) is 10.6 Å². The minimum absolute atomic E-state index is 0.0357. The quantitative estimate of drug-likeness (QED) is 0.819. The van der Waals surface area contributed by atoms with Crippen molar-refractivity contribution in [3.63, 3.8) is 0 Å². The number of hydrogen-bond donors (Lipinski definition) is 2. The number of aryl methyl sites for hydroxylation is 1. The minimum Gasteiger partial charge on any atom is -0.319 e. The van der Waals surface area contributed by atoms with Gasteiger partial charge < -0.3 is 10.2 Å². The molecule has 0 radical (unpaired) electrons. The van der Waals surface area contributed by atoms with Crippen LogP contribution in [-0.4, -0.2) is 24.4 Å². The number of imide groups is 1. The van der Waals surface area contributed by atoms with Crippen LogP contribution in [0, 0.1) is 0 Å². The molecule has 1 atom stereocenters. The molecule has 1 unspecified atom stereocenters. The van der Waals surface area contributed by atoms with Crippen molar-refractivity contribution in [2.24, 2.45) is 0 Å². The van der Waals surface area contributed by atoms with Gasteiger partial charge in [0, 0.05) is 18.7 Å². The van der Waals surface area contributed by atoms with Crippen molar-refractivity contribution >= 4 is 23.5 Å². The smallest absolute Gasteiger partial charge is 0.319 e. The van der Waals surface area contributed by atoms with Crippen molar-refractivity contribution in [3.05, 3.63) is 65.7 Å². The Morgan fingerprint density at radius 1 is 1.04 bits per heavy atom. The first-order valence-electron chi connectivity index (χ1n) is 9.17. The zero-order valence-corrected chi connectivity index (χ0v) is 14.9. The molecule has 2 aliphatic heterocycles. The third-order valence-corrected chi connectivity index (χ3v) is 5.33. The molecule has 0 spiro atoms. The molecular weight excluding hydrogens is 342 g/mol. The van der Waals surface area contributed by atoms with Crippen LogP contribution in [0.25, 0.3) is 0 Å². The Hall–Kier alpha value is -3.15. The first-order chi connectivity index (χ1) is 13.1. The number of urea groups is 1. The number of amides is 4. The van der Waals surface area contributed by atoms with E-state index in [1.807, 2.05) is 42.5 Å². The van der Waals surface area contributed by atoms with Crippen LogP contribution >= 0.6 is 0 Å². The largest absolute Gasteiger partial charge is 0.322 e. The van der Waals surface area contributed by atoms with Gasteiger partial charge in [0.05, 0.1) is 0 Å². The molecule has 0 saturated carbocycles. The fraction of sp³-hybridized carbons (Fsp3) is 0.286. The maximum absolute atomic E-state index is 13.0. The van der Waals surface area contributed by atoms with Gasteiger partial charge in [0.15, 0.2) is 0 Å². The van der Waals surface area contributed by atoms with E-state index >= 15 is 0 Å². The standard InChI is InChI=1S/C21H21N3O3/c25-18(24-14-6-8-15-7-4-5-11-17(15)24)12-13-21(16-9-2-1-3-10-16)19(26)22-20(27)23-21/h1-5,7,9-11H,6,8,12-14H2,(H2,22,23,26,27). The fourth-order valence-corrected chi connectivity index (χ4v) is 3.96. The number of rotatable bonds is 4. The number of nitrogens with zero attached hydrogens (tertiary/aromatic N) is 1. The van der Waals surface area contributed by atoms with Gasteiger partial charge in [-0.2, -0.15) is 0 Å². The number of hydrogen-bond acceptors (Lipinski definition) is 3. The van der Waals surface area contributed by atoms with Crippen LogP contribution in [-0.2, 0) is 21.5 Å². The predicted molar refractivity (Wildman–Crippen MR) is 101 cm³/mol. The average molecular weight is 363 g/mol. The maximum atomic E-state index is 13.0. The molecular formula is C21H21N3O3. The molecule has 0 bridgehead atoms. The second kappa shape index (κ2) is 6.87. The highest BCUT2D eigenvalue weighted by atomic mass is 16.2. The lowest BCUT2D eigenvalue weighted by molar-refractivity contribution is -0.125. The summed E-state index contributed by atoms with van der Waals surface area (Å²) in [6.45, 7) is 0.673. The van der Waals surface area contributed by atoms with Crippen LogP contribution in [0.3, 0.4) is 0 Å². The highest BCUT2D eigenvalue weighted by molar-refractivity contribution is 6.07. The van der Waals surface area contributed by atoms with E-state index in [9.17, 15) is 14.4 Å². The Kier molecular flexibility index (Phi) is 4.39. The van der Waals surface area contributed by atoms with Crippen molar-refractivity contribution in [2.75, 3.05) is 11.4 Å². The molecule has 6 nitrogen and oxygen atoms in total. The van der Waals surface area contributed by atoms with Gasteiger partial charge in [0.1, 0.15) is 5.54 Å². The summed E-state index contributed by atoms with van der Waals surface area (Å²) in [4.78, 5) is 39.1. The summed E-state index contributed by atoms with van der Waals surface area (Å²) < 4.78 is 0. The second-order valence-corrected chi connectivity index (χ2v) is 6.96. The lowest BCUT2D eigenvalue weighted by Gasteiger charge is -2.31. The summed E-state index contributed by atoms with van der Waals surface area (Å²) in [7, 11) is 0. The molecule has 1 saturated heterocycles. The Bertz CT molecular complexity index is 897. The van der Waals surface area contributed by atoms with Crippen molar-refractivity contribution in [1.29, 1.82) is 0 Å². The SMILES string of the molecule is O=C1NC(=O)C(CCC(=O)N2CCCc3ccccc32)(c2ccccc2)N1. The highest BCUT2D eigenvalue weighted by Gasteiger charge is 2.47. The first-order valence-corrected chi connectivity index (χ1v) is 9.17. The van der Waals surface area contributed by atoms with Crippen molar-refractivity contribution < 1.29 is 14.4 Å². The van der Waals surface area contributed by atoms with E-state index in [4.69, 9.17) is 0 Å². The van der Waals surface area contributed by atoms with Gasteiger partial charge in [-0.15, -0.1) is 0 Å². The molecule has 27 heavy (non-hydrogen) atoms. The van der Waals surface area contributed by atoms with Crippen LogP contribution in [0.15, 0.2) is 54.6 Å². The highest BCUT2D eigenvalue weighted by Crippen LogP contribution is 2.32. The average Bonchev–Trinajstić information content (AvgIpc) is 3.00. The zero-order chi connectivity index (χ0) is 18.9. The summed E-state index contributed by atoms with van der Waals surface area (Å²) in [6.07, 6.45) is 2.26. The summed E-state index contributed by atoms with van der Waals surface area (Å²) in [6, 6.07) is 16.5. The minimum atomic E-state index is -1.21. The molecule has 2 aromatic rings. The van der Waals surface area contributed by atoms with Crippen LogP contribution in [0.4, 0.5) is 10.5 Å². The lowest BCUT2D eigenvalue weighted by Crippen LogP contribution is -2.45. The van der Waals surface area contributed by atoms with E-state index in [-0.39, 0.29) is 18.7 Å². The molecule has 4 amide bonds. The number of carbonyl (C=O) groups is 3. The molecule has 138 valence electrons. The Morgan fingerprint density at radius 3 is 2.52 bits per heavy atom. The molecule has 4 rings (SSSR count). The predicted octanol–water partition coefficient (Wildman–Crippen LogP) is 2.48. The van der Waals surface area contributed by atoms with Gasteiger partial charge in [0.25, 0.3) is 5.91 Å².